The average molecular weight is 195 g/mol. The number of rotatable bonds is 3. The van der Waals surface area contributed by atoms with Crippen LogP contribution in [0.1, 0.15) is 15.9 Å². The minimum atomic E-state index is 0.310. The van der Waals surface area contributed by atoms with Crippen LogP contribution in [0.3, 0.4) is 0 Å². The number of nitrogens with two attached hydrogens (primary N) is 1. The summed E-state index contributed by atoms with van der Waals surface area (Å²) in [5.74, 6) is 0.977. The van der Waals surface area contributed by atoms with Gasteiger partial charge in [0, 0.05) is 5.56 Å². The first kappa shape index (κ1) is 10.4. The number of nitrogen functional groups attached to an aromatic ring is 1. The first-order valence-electron chi connectivity index (χ1n) is 4.12. The van der Waals surface area contributed by atoms with Gasteiger partial charge in [0.2, 0.25) is 0 Å². The van der Waals surface area contributed by atoms with Crippen LogP contribution in [-0.4, -0.2) is 20.5 Å². The van der Waals surface area contributed by atoms with Gasteiger partial charge >= 0.3 is 0 Å². The van der Waals surface area contributed by atoms with Gasteiger partial charge < -0.3 is 15.2 Å². The minimum Gasteiger partial charge on any atom is -0.493 e. The van der Waals surface area contributed by atoms with E-state index in [2.05, 4.69) is 0 Å². The maximum atomic E-state index is 10.7. The molecule has 1 aromatic carbocycles. The van der Waals surface area contributed by atoms with Crippen molar-refractivity contribution in [3.8, 4) is 11.5 Å². The van der Waals surface area contributed by atoms with E-state index in [0.29, 0.717) is 29.0 Å². The summed E-state index contributed by atoms with van der Waals surface area (Å²) in [5.41, 5.74) is 7.26. The van der Waals surface area contributed by atoms with E-state index in [9.17, 15) is 4.79 Å². The molecule has 0 radical (unpaired) electrons. The zero-order valence-electron chi connectivity index (χ0n) is 8.46. The Morgan fingerprint density at radius 1 is 1.29 bits per heavy atom. The van der Waals surface area contributed by atoms with Gasteiger partial charge in [0.25, 0.3) is 0 Å². The first-order valence-corrected chi connectivity index (χ1v) is 4.12. The summed E-state index contributed by atoms with van der Waals surface area (Å²) in [7, 11) is 3.02. The fourth-order valence-electron chi connectivity index (χ4n) is 1.36. The first-order chi connectivity index (χ1) is 6.65. The summed E-state index contributed by atoms with van der Waals surface area (Å²) in [6.45, 7) is 1.83. The Bertz CT molecular complexity index is 361. The van der Waals surface area contributed by atoms with Gasteiger partial charge in [-0.3, -0.25) is 4.79 Å². The van der Waals surface area contributed by atoms with Crippen molar-refractivity contribution >= 4 is 12.0 Å². The molecule has 0 saturated carbocycles. The Hall–Kier alpha value is -1.71. The summed E-state index contributed by atoms with van der Waals surface area (Å²) < 4.78 is 10.2. The topological polar surface area (TPSA) is 61.5 Å². The van der Waals surface area contributed by atoms with E-state index in [1.807, 2.05) is 6.92 Å². The zero-order chi connectivity index (χ0) is 10.7. The molecule has 14 heavy (non-hydrogen) atoms. The number of anilines is 1. The van der Waals surface area contributed by atoms with E-state index in [1.165, 1.54) is 14.2 Å². The second-order valence-electron chi connectivity index (χ2n) is 2.88. The molecule has 1 rings (SSSR count). The second-order valence-corrected chi connectivity index (χ2v) is 2.88. The average Bonchev–Trinajstić information content (AvgIpc) is 2.20. The molecule has 0 amide bonds. The van der Waals surface area contributed by atoms with Crippen molar-refractivity contribution in [1.29, 1.82) is 0 Å². The van der Waals surface area contributed by atoms with Crippen LogP contribution in [0.4, 0.5) is 5.69 Å². The second kappa shape index (κ2) is 4.00. The Morgan fingerprint density at radius 3 is 2.29 bits per heavy atom. The SMILES string of the molecule is COc1c(C)cc(C=O)c(N)c1OC. The highest BCUT2D eigenvalue weighted by Crippen LogP contribution is 2.38. The standard InChI is InChI=1S/C10H13NO3/c1-6-4-7(5-12)8(11)10(14-3)9(6)13-2/h4-5H,11H2,1-3H3. The number of carbonyl (C=O) groups is 1. The number of aryl methyl sites for hydroxylation is 1. The molecule has 76 valence electrons. The van der Waals surface area contributed by atoms with E-state index in [-0.39, 0.29) is 0 Å². The minimum absolute atomic E-state index is 0.310. The fraction of sp³-hybridized carbons (Fsp3) is 0.300. The lowest BCUT2D eigenvalue weighted by Gasteiger charge is -2.13. The molecule has 0 fully saturated rings. The lowest BCUT2D eigenvalue weighted by atomic mass is 10.1. The number of benzene rings is 1. The zero-order valence-corrected chi connectivity index (χ0v) is 8.46. The number of ether oxygens (including phenoxy) is 2. The molecule has 0 aromatic heterocycles. The molecule has 4 nitrogen and oxygen atoms in total. The van der Waals surface area contributed by atoms with E-state index in [0.717, 1.165) is 5.56 Å². The number of methoxy groups -OCH3 is 2. The smallest absolute Gasteiger partial charge is 0.184 e. The molecule has 0 atom stereocenters. The molecule has 0 heterocycles. The highest BCUT2D eigenvalue weighted by Gasteiger charge is 2.14. The maximum absolute atomic E-state index is 10.7. The quantitative estimate of drug-likeness (QED) is 0.585. The van der Waals surface area contributed by atoms with Crippen molar-refractivity contribution in [2.24, 2.45) is 0 Å². The summed E-state index contributed by atoms with van der Waals surface area (Å²) in [5, 5.41) is 0. The Kier molecular flexibility index (Phi) is 2.96. The summed E-state index contributed by atoms with van der Waals surface area (Å²) in [6, 6.07) is 1.67. The van der Waals surface area contributed by atoms with Gasteiger partial charge in [0.1, 0.15) is 0 Å². The molecule has 0 aliphatic rings. The van der Waals surface area contributed by atoms with Gasteiger partial charge in [0.15, 0.2) is 17.8 Å². The highest BCUT2D eigenvalue weighted by atomic mass is 16.5. The molecule has 4 heteroatoms. The normalized spacial score (nSPS) is 9.64. The molecule has 0 spiro atoms. The van der Waals surface area contributed by atoms with Crippen LogP contribution in [0.2, 0.25) is 0 Å². The summed E-state index contributed by atoms with van der Waals surface area (Å²) in [6.07, 6.45) is 0.699. The van der Waals surface area contributed by atoms with Crippen LogP contribution in [-0.2, 0) is 0 Å². The van der Waals surface area contributed by atoms with Crippen molar-refractivity contribution in [2.75, 3.05) is 20.0 Å². The number of aldehydes is 1. The van der Waals surface area contributed by atoms with Crippen LogP contribution in [0.15, 0.2) is 6.07 Å². The van der Waals surface area contributed by atoms with Gasteiger partial charge in [-0.25, -0.2) is 0 Å². The predicted octanol–water partition coefficient (Wildman–Crippen LogP) is 1.41. The van der Waals surface area contributed by atoms with Crippen molar-refractivity contribution in [3.05, 3.63) is 17.2 Å². The third-order valence-electron chi connectivity index (χ3n) is 2.03. The molecule has 2 N–H and O–H groups in total. The van der Waals surface area contributed by atoms with Crippen molar-refractivity contribution < 1.29 is 14.3 Å². The third-order valence-corrected chi connectivity index (χ3v) is 2.03. The van der Waals surface area contributed by atoms with Gasteiger partial charge in [-0.2, -0.15) is 0 Å². The van der Waals surface area contributed by atoms with Crippen LogP contribution >= 0.6 is 0 Å². The molecule has 0 bridgehead atoms. The van der Waals surface area contributed by atoms with Gasteiger partial charge in [-0.05, 0) is 18.6 Å². The lowest BCUT2D eigenvalue weighted by Crippen LogP contribution is -2.01. The van der Waals surface area contributed by atoms with Gasteiger partial charge in [-0.15, -0.1) is 0 Å². The Morgan fingerprint density at radius 2 is 1.86 bits per heavy atom. The van der Waals surface area contributed by atoms with E-state index >= 15 is 0 Å². The molecular formula is C10H13NO3. The van der Waals surface area contributed by atoms with E-state index < -0.39 is 0 Å². The van der Waals surface area contributed by atoms with Gasteiger partial charge in [-0.1, -0.05) is 0 Å². The largest absolute Gasteiger partial charge is 0.493 e. The highest BCUT2D eigenvalue weighted by molar-refractivity contribution is 5.88. The van der Waals surface area contributed by atoms with E-state index in [1.54, 1.807) is 6.07 Å². The van der Waals surface area contributed by atoms with Crippen LogP contribution in [0, 0.1) is 6.92 Å². The Balaban J connectivity index is 3.47. The predicted molar refractivity (Wildman–Crippen MR) is 54.1 cm³/mol. The fourth-order valence-corrected chi connectivity index (χ4v) is 1.36. The van der Waals surface area contributed by atoms with Gasteiger partial charge in [0.05, 0.1) is 19.9 Å². The number of carbonyl (C=O) groups excluding carboxylic acids is 1. The van der Waals surface area contributed by atoms with Crippen molar-refractivity contribution in [2.45, 2.75) is 6.92 Å². The number of hydrogen-bond acceptors (Lipinski definition) is 4. The molecule has 0 aliphatic carbocycles. The lowest BCUT2D eigenvalue weighted by molar-refractivity contribution is 0.112. The Labute approximate surface area is 82.6 Å². The molecule has 0 aliphatic heterocycles. The summed E-state index contributed by atoms with van der Waals surface area (Å²) >= 11 is 0. The molecule has 0 unspecified atom stereocenters. The van der Waals surface area contributed by atoms with Crippen LogP contribution in [0.5, 0.6) is 11.5 Å². The van der Waals surface area contributed by atoms with Crippen LogP contribution in [0.25, 0.3) is 0 Å². The van der Waals surface area contributed by atoms with Crippen molar-refractivity contribution in [1.82, 2.24) is 0 Å². The monoisotopic (exact) mass is 195 g/mol. The maximum Gasteiger partial charge on any atom is 0.184 e. The molecule has 0 saturated heterocycles. The molecular weight excluding hydrogens is 182 g/mol. The molecule has 1 aromatic rings. The van der Waals surface area contributed by atoms with E-state index in [4.69, 9.17) is 15.2 Å². The third kappa shape index (κ3) is 1.51. The summed E-state index contributed by atoms with van der Waals surface area (Å²) in [4.78, 5) is 10.7. The van der Waals surface area contributed by atoms with Crippen molar-refractivity contribution in [3.63, 3.8) is 0 Å². The van der Waals surface area contributed by atoms with Crippen LogP contribution < -0.4 is 15.2 Å². The number of hydrogen-bond donors (Lipinski definition) is 1.